The Kier molecular flexibility index (Phi) is 2.59. The molecule has 0 amide bonds. The van der Waals surface area contributed by atoms with Crippen LogP contribution in [0.5, 0.6) is 0 Å². The number of halogens is 3. The van der Waals surface area contributed by atoms with Gasteiger partial charge in [0.25, 0.3) is 0 Å². The summed E-state index contributed by atoms with van der Waals surface area (Å²) >= 11 is 0. The van der Waals surface area contributed by atoms with Gasteiger partial charge in [-0.3, -0.25) is 0 Å². The van der Waals surface area contributed by atoms with Gasteiger partial charge in [-0.1, -0.05) is 0 Å². The molecule has 0 aromatic rings. The minimum absolute atomic E-state index is 0.427. The summed E-state index contributed by atoms with van der Waals surface area (Å²) in [6, 6.07) is 0. The Morgan fingerprint density at radius 1 is 1.56 bits per heavy atom. The topological polar surface area (TPSA) is 26.0 Å². The van der Waals surface area contributed by atoms with Gasteiger partial charge in [0.1, 0.15) is 0 Å². The largest absolute Gasteiger partial charge is 0.495 e. The highest BCUT2D eigenvalue weighted by Gasteiger charge is 2.30. The van der Waals surface area contributed by atoms with Crippen LogP contribution in [0.4, 0.5) is 12.9 Å². The summed E-state index contributed by atoms with van der Waals surface area (Å²) in [7, 11) is 0. The van der Waals surface area contributed by atoms with Gasteiger partial charge in [-0.15, -0.1) is 12.3 Å². The van der Waals surface area contributed by atoms with Crippen molar-refractivity contribution in [3.05, 3.63) is 0 Å². The molecule has 2 N–H and O–H groups in total. The second-order valence-electron chi connectivity index (χ2n) is 1.70. The first-order chi connectivity index (χ1) is 3.98. The first-order valence-electron chi connectivity index (χ1n) is 2.37. The second kappa shape index (κ2) is 2.78. The smallest absolute Gasteiger partial charge is 0.448 e. The van der Waals surface area contributed by atoms with E-state index < -0.39 is 19.3 Å². The highest BCUT2D eigenvalue weighted by Crippen LogP contribution is 2.13. The van der Waals surface area contributed by atoms with Crippen LogP contribution >= 0.6 is 0 Å². The van der Waals surface area contributed by atoms with E-state index in [0.717, 1.165) is 0 Å². The lowest BCUT2D eigenvalue weighted by Crippen LogP contribution is -2.41. The molecule has 0 radical (unpaired) electrons. The molecule has 9 heavy (non-hydrogen) atoms. The minimum Gasteiger partial charge on any atom is -0.448 e. The monoisotopic (exact) mass is 136 g/mol. The van der Waals surface area contributed by atoms with Crippen LogP contribution in [0.2, 0.25) is 0 Å². The third-order valence-electron chi connectivity index (χ3n) is 0.839. The number of hydrogen-bond acceptors (Lipinski definition) is 1. The third-order valence-corrected chi connectivity index (χ3v) is 0.839. The van der Waals surface area contributed by atoms with Crippen molar-refractivity contribution >= 4 is 6.98 Å². The fourth-order valence-corrected chi connectivity index (χ4v) is 0.270. The molecule has 1 nitrogen and oxygen atoms in total. The van der Waals surface area contributed by atoms with Crippen molar-refractivity contribution in [1.82, 2.24) is 0 Å². The fraction of sp³-hybridized carbons (Fsp3) is 0.500. The van der Waals surface area contributed by atoms with Gasteiger partial charge >= 0.3 is 6.98 Å². The van der Waals surface area contributed by atoms with E-state index in [1.807, 2.05) is 5.92 Å². The molecule has 0 saturated heterocycles. The van der Waals surface area contributed by atoms with E-state index in [0.29, 0.717) is 0 Å². The van der Waals surface area contributed by atoms with Crippen molar-refractivity contribution in [3.8, 4) is 12.3 Å². The van der Waals surface area contributed by atoms with E-state index in [4.69, 9.17) is 0 Å². The minimum atomic E-state index is -4.94. The average molecular weight is 136 g/mol. The van der Waals surface area contributed by atoms with Crippen molar-refractivity contribution in [2.45, 2.75) is 12.4 Å². The van der Waals surface area contributed by atoms with Gasteiger partial charge in [-0.2, -0.15) is 0 Å². The standard InChI is InChI=1S/C4H6BF3N/c1-2-3-4(9)5(6,7)8/h1,4H,3,9H2/q-1. The molecule has 0 aliphatic rings. The molecule has 0 aromatic heterocycles. The van der Waals surface area contributed by atoms with Crippen molar-refractivity contribution in [2.75, 3.05) is 0 Å². The zero-order chi connectivity index (χ0) is 7.49. The molecule has 0 rings (SSSR count). The van der Waals surface area contributed by atoms with Gasteiger partial charge in [-0.05, 0) is 12.4 Å². The number of terminal acetylenes is 1. The van der Waals surface area contributed by atoms with E-state index in [9.17, 15) is 12.9 Å². The van der Waals surface area contributed by atoms with Gasteiger partial charge in [0.15, 0.2) is 0 Å². The lowest BCUT2D eigenvalue weighted by molar-refractivity contribution is 0.439. The van der Waals surface area contributed by atoms with Crippen LogP contribution in [0.25, 0.3) is 0 Å². The highest BCUT2D eigenvalue weighted by molar-refractivity contribution is 6.60. The van der Waals surface area contributed by atoms with Crippen molar-refractivity contribution in [1.29, 1.82) is 0 Å². The third kappa shape index (κ3) is 3.04. The van der Waals surface area contributed by atoms with Crippen LogP contribution in [0.3, 0.4) is 0 Å². The number of rotatable bonds is 2. The van der Waals surface area contributed by atoms with Crippen molar-refractivity contribution < 1.29 is 12.9 Å². The number of nitrogens with two attached hydrogens (primary N) is 1. The molecule has 0 bridgehead atoms. The Labute approximate surface area is 51.5 Å². The molecular weight excluding hydrogens is 130 g/mol. The lowest BCUT2D eigenvalue weighted by atomic mass is 9.78. The Morgan fingerprint density at radius 3 is 2.11 bits per heavy atom. The first-order valence-corrected chi connectivity index (χ1v) is 2.37. The normalized spacial score (nSPS) is 14.6. The maximum atomic E-state index is 11.5. The van der Waals surface area contributed by atoms with Crippen molar-refractivity contribution in [2.24, 2.45) is 5.73 Å². The fourth-order valence-electron chi connectivity index (χ4n) is 0.270. The summed E-state index contributed by atoms with van der Waals surface area (Å²) in [4.78, 5) is 0. The summed E-state index contributed by atoms with van der Waals surface area (Å²) in [6.07, 6.45) is 4.18. The molecule has 0 heterocycles. The van der Waals surface area contributed by atoms with E-state index in [-0.39, 0.29) is 0 Å². The summed E-state index contributed by atoms with van der Waals surface area (Å²) in [5.74, 6) is 0.0344. The quantitative estimate of drug-likeness (QED) is 0.439. The molecular formula is C4H6BF3N-. The van der Waals surface area contributed by atoms with Gasteiger partial charge in [0, 0.05) is 0 Å². The first kappa shape index (κ1) is 8.37. The van der Waals surface area contributed by atoms with E-state index in [1.165, 1.54) is 0 Å². The Balaban J connectivity index is 3.76. The summed E-state index contributed by atoms with van der Waals surface area (Å²) < 4.78 is 34.4. The molecule has 0 aliphatic carbocycles. The zero-order valence-corrected chi connectivity index (χ0v) is 4.65. The Bertz CT molecular complexity index is 125. The molecule has 0 fully saturated rings. The Hall–Kier alpha value is -0.625. The van der Waals surface area contributed by atoms with Crippen LogP contribution in [-0.4, -0.2) is 12.9 Å². The highest BCUT2D eigenvalue weighted by atomic mass is 19.4. The van der Waals surface area contributed by atoms with Gasteiger partial charge < -0.3 is 18.7 Å². The molecule has 0 aromatic carbocycles. The van der Waals surface area contributed by atoms with E-state index in [2.05, 4.69) is 12.2 Å². The lowest BCUT2D eigenvalue weighted by Gasteiger charge is -2.19. The maximum Gasteiger partial charge on any atom is 0.495 e. The maximum absolute atomic E-state index is 11.5. The van der Waals surface area contributed by atoms with Crippen LogP contribution in [-0.2, 0) is 0 Å². The summed E-state index contributed by atoms with van der Waals surface area (Å²) in [6.45, 7) is -4.94. The summed E-state index contributed by atoms with van der Waals surface area (Å²) in [5, 5.41) is 0. The SMILES string of the molecule is C#CCC(N)[B-](F)(F)F. The van der Waals surface area contributed by atoms with Crippen LogP contribution in [0.15, 0.2) is 0 Å². The molecule has 0 aliphatic heterocycles. The molecule has 5 heteroatoms. The number of hydrogen-bond donors (Lipinski definition) is 1. The molecule has 0 saturated carbocycles. The second-order valence-corrected chi connectivity index (χ2v) is 1.70. The van der Waals surface area contributed by atoms with Crippen LogP contribution < -0.4 is 5.73 Å². The van der Waals surface area contributed by atoms with Crippen LogP contribution in [0, 0.1) is 12.3 Å². The molecule has 1 unspecified atom stereocenters. The van der Waals surface area contributed by atoms with Gasteiger partial charge in [0.05, 0.1) is 0 Å². The predicted octanol–water partition coefficient (Wildman–Crippen LogP) is 0.724. The molecule has 52 valence electrons. The van der Waals surface area contributed by atoms with E-state index in [1.54, 1.807) is 0 Å². The van der Waals surface area contributed by atoms with Crippen LogP contribution in [0.1, 0.15) is 6.42 Å². The van der Waals surface area contributed by atoms with Gasteiger partial charge in [0.2, 0.25) is 0 Å². The zero-order valence-electron chi connectivity index (χ0n) is 4.65. The van der Waals surface area contributed by atoms with Gasteiger partial charge in [-0.25, -0.2) is 0 Å². The summed E-state index contributed by atoms with van der Waals surface area (Å²) in [5.41, 5.74) is 4.62. The van der Waals surface area contributed by atoms with E-state index >= 15 is 0 Å². The van der Waals surface area contributed by atoms with Crippen molar-refractivity contribution in [3.63, 3.8) is 0 Å². The molecule has 0 spiro atoms. The Morgan fingerprint density at radius 2 is 2.00 bits per heavy atom. The molecule has 1 atom stereocenters. The predicted molar refractivity (Wildman–Crippen MR) is 30.5 cm³/mol. The average Bonchev–Trinajstić information content (AvgIpc) is 1.64.